The molecule has 0 unspecified atom stereocenters. The first-order valence-corrected chi connectivity index (χ1v) is 8.73. The Morgan fingerprint density at radius 3 is 2.71 bits per heavy atom. The topological polar surface area (TPSA) is 107 Å². The fourth-order valence-corrected chi connectivity index (χ4v) is 4.20. The van der Waals surface area contributed by atoms with Crippen molar-refractivity contribution < 1.29 is 9.53 Å². The molecule has 1 aliphatic heterocycles. The fraction of sp³-hybridized carbons (Fsp3) is 0.562. The highest BCUT2D eigenvalue weighted by molar-refractivity contribution is 7.21. The van der Waals surface area contributed by atoms with E-state index < -0.39 is 16.7 Å². The molecule has 24 heavy (non-hydrogen) atoms. The molecule has 130 valence electrons. The number of carbonyl (C=O) groups excluding carboxylic acids is 1. The van der Waals surface area contributed by atoms with E-state index in [9.17, 15) is 14.4 Å². The van der Waals surface area contributed by atoms with Crippen LogP contribution >= 0.6 is 11.3 Å². The van der Waals surface area contributed by atoms with Crippen LogP contribution in [0.2, 0.25) is 0 Å². The number of Topliss-reactive ketones (excluding diaryl/α,β-unsaturated/α-hetero) is 1. The molecule has 8 heteroatoms. The molecule has 3 heterocycles. The van der Waals surface area contributed by atoms with Gasteiger partial charge in [-0.2, -0.15) is 0 Å². The van der Waals surface area contributed by atoms with Gasteiger partial charge in [0.15, 0.2) is 5.78 Å². The van der Waals surface area contributed by atoms with Gasteiger partial charge in [-0.1, -0.05) is 20.8 Å². The zero-order valence-corrected chi connectivity index (χ0v) is 14.8. The zero-order valence-electron chi connectivity index (χ0n) is 14.0. The van der Waals surface area contributed by atoms with E-state index in [1.165, 1.54) is 4.57 Å². The SMILES string of the molecule is CC(C)(C)C(=O)c1sc2c(c1N)c(=O)[nH]c(=O)n2C[C@@H]1CCCO1. The number of thiophene rings is 1. The van der Waals surface area contributed by atoms with Crippen LogP contribution in [0.3, 0.4) is 0 Å². The average molecular weight is 351 g/mol. The summed E-state index contributed by atoms with van der Waals surface area (Å²) in [5.41, 5.74) is 4.56. The van der Waals surface area contributed by atoms with Crippen molar-refractivity contribution >= 4 is 33.0 Å². The standard InChI is InChI=1S/C16H21N3O4S/c1-16(2,3)12(20)11-10(17)9-13(21)18-15(22)19(14(9)24-11)7-8-5-4-6-23-8/h8H,4-7,17H2,1-3H3,(H,18,21,22)/t8-/m0/s1. The molecule has 1 aliphatic rings. The van der Waals surface area contributed by atoms with Crippen LogP contribution in [0.4, 0.5) is 5.69 Å². The number of nitrogens with zero attached hydrogens (tertiary/aromatic N) is 1. The number of fused-ring (bicyclic) bond motifs is 1. The van der Waals surface area contributed by atoms with Crippen LogP contribution in [-0.2, 0) is 11.3 Å². The van der Waals surface area contributed by atoms with Gasteiger partial charge in [-0.05, 0) is 12.8 Å². The lowest BCUT2D eigenvalue weighted by Gasteiger charge is -2.15. The van der Waals surface area contributed by atoms with Gasteiger partial charge < -0.3 is 10.5 Å². The molecule has 1 fully saturated rings. The van der Waals surface area contributed by atoms with E-state index >= 15 is 0 Å². The highest BCUT2D eigenvalue weighted by atomic mass is 32.1. The lowest BCUT2D eigenvalue weighted by molar-refractivity contribution is 0.0863. The summed E-state index contributed by atoms with van der Waals surface area (Å²) in [6.07, 6.45) is 1.75. The summed E-state index contributed by atoms with van der Waals surface area (Å²) in [5, 5.41) is 0.213. The molecule has 0 spiro atoms. The number of anilines is 1. The molecular formula is C16H21N3O4S. The Hall–Kier alpha value is -1.93. The van der Waals surface area contributed by atoms with E-state index in [-0.39, 0.29) is 23.0 Å². The molecule has 0 aliphatic carbocycles. The normalized spacial score (nSPS) is 18.4. The van der Waals surface area contributed by atoms with Gasteiger partial charge in [0.05, 0.1) is 28.6 Å². The molecule has 0 aromatic carbocycles. The lowest BCUT2D eigenvalue weighted by Crippen LogP contribution is -2.33. The van der Waals surface area contributed by atoms with E-state index in [2.05, 4.69) is 4.98 Å². The number of aromatic nitrogens is 2. The minimum absolute atomic E-state index is 0.0677. The molecule has 3 N–H and O–H groups in total. The lowest BCUT2D eigenvalue weighted by atomic mass is 9.89. The van der Waals surface area contributed by atoms with Gasteiger partial charge in [0.1, 0.15) is 4.83 Å². The number of nitrogens with two attached hydrogens (primary N) is 1. The van der Waals surface area contributed by atoms with Crippen molar-refractivity contribution in [2.24, 2.45) is 5.41 Å². The summed E-state index contributed by atoms with van der Waals surface area (Å²) in [7, 11) is 0. The van der Waals surface area contributed by atoms with E-state index in [4.69, 9.17) is 10.5 Å². The molecule has 2 aromatic rings. The minimum atomic E-state index is -0.624. The van der Waals surface area contributed by atoms with Gasteiger partial charge in [-0.25, -0.2) is 4.79 Å². The maximum Gasteiger partial charge on any atom is 0.329 e. The van der Waals surface area contributed by atoms with Crippen molar-refractivity contribution in [3.63, 3.8) is 0 Å². The Morgan fingerprint density at radius 2 is 2.12 bits per heavy atom. The Morgan fingerprint density at radius 1 is 1.42 bits per heavy atom. The van der Waals surface area contributed by atoms with E-state index in [1.807, 2.05) is 0 Å². The number of ketones is 1. The Kier molecular flexibility index (Phi) is 4.13. The van der Waals surface area contributed by atoms with Crippen LogP contribution in [0.25, 0.3) is 10.2 Å². The molecule has 0 bridgehead atoms. The maximum absolute atomic E-state index is 12.6. The van der Waals surface area contributed by atoms with Crippen LogP contribution in [0.1, 0.15) is 43.3 Å². The van der Waals surface area contributed by atoms with Gasteiger partial charge in [0, 0.05) is 12.0 Å². The molecule has 1 atom stereocenters. The van der Waals surface area contributed by atoms with Crippen LogP contribution in [0.5, 0.6) is 0 Å². The monoisotopic (exact) mass is 351 g/mol. The number of nitrogens with one attached hydrogen (secondary N) is 1. The molecule has 1 saturated heterocycles. The second-order valence-corrected chi connectivity index (χ2v) is 8.11. The van der Waals surface area contributed by atoms with Crippen molar-refractivity contribution in [1.82, 2.24) is 9.55 Å². The summed E-state index contributed by atoms with van der Waals surface area (Å²) in [4.78, 5) is 40.1. The van der Waals surface area contributed by atoms with Gasteiger partial charge in [-0.15, -0.1) is 11.3 Å². The number of rotatable bonds is 3. The quantitative estimate of drug-likeness (QED) is 0.819. The Bertz CT molecular complexity index is 910. The highest BCUT2D eigenvalue weighted by Gasteiger charge is 2.30. The number of hydrogen-bond donors (Lipinski definition) is 2. The van der Waals surface area contributed by atoms with Crippen molar-refractivity contribution in [1.29, 1.82) is 0 Å². The first kappa shape index (κ1) is 16.9. The van der Waals surface area contributed by atoms with Crippen LogP contribution in [0, 0.1) is 5.41 Å². The summed E-state index contributed by atoms with van der Waals surface area (Å²) >= 11 is 1.11. The average Bonchev–Trinajstić information content (AvgIpc) is 3.09. The summed E-state index contributed by atoms with van der Waals surface area (Å²) in [6, 6.07) is 0. The number of carbonyl (C=O) groups is 1. The summed E-state index contributed by atoms with van der Waals surface area (Å²) in [5.74, 6) is -0.142. The molecule has 0 amide bonds. The summed E-state index contributed by atoms with van der Waals surface area (Å²) in [6.45, 7) is 6.40. The third-order valence-corrected chi connectivity index (χ3v) is 5.39. The van der Waals surface area contributed by atoms with Gasteiger partial charge >= 0.3 is 5.69 Å². The third kappa shape index (κ3) is 2.80. The predicted octanol–water partition coefficient (Wildman–Crippen LogP) is 1.74. The maximum atomic E-state index is 12.6. The number of hydrogen-bond acceptors (Lipinski definition) is 6. The minimum Gasteiger partial charge on any atom is -0.397 e. The van der Waals surface area contributed by atoms with E-state index in [0.29, 0.717) is 22.9 Å². The zero-order chi connectivity index (χ0) is 17.6. The Labute approximate surface area is 142 Å². The second-order valence-electron chi connectivity index (χ2n) is 7.11. The Balaban J connectivity index is 2.20. The first-order valence-electron chi connectivity index (χ1n) is 7.91. The third-order valence-electron chi connectivity index (χ3n) is 4.16. The van der Waals surface area contributed by atoms with Gasteiger partial charge in [-0.3, -0.25) is 19.1 Å². The highest BCUT2D eigenvalue weighted by Crippen LogP contribution is 2.35. The first-order chi connectivity index (χ1) is 11.2. The van der Waals surface area contributed by atoms with Crippen LogP contribution in [0.15, 0.2) is 9.59 Å². The molecule has 3 rings (SSSR count). The predicted molar refractivity (Wildman–Crippen MR) is 93.9 cm³/mol. The number of nitrogen functional groups attached to an aromatic ring is 1. The van der Waals surface area contributed by atoms with Crippen LogP contribution < -0.4 is 17.0 Å². The molecule has 7 nitrogen and oxygen atoms in total. The smallest absolute Gasteiger partial charge is 0.329 e. The van der Waals surface area contributed by atoms with Crippen molar-refractivity contribution in [3.05, 3.63) is 25.7 Å². The second kappa shape index (κ2) is 5.86. The van der Waals surface area contributed by atoms with E-state index in [0.717, 1.165) is 24.2 Å². The summed E-state index contributed by atoms with van der Waals surface area (Å²) < 4.78 is 7.05. The van der Waals surface area contributed by atoms with Crippen molar-refractivity contribution in [2.45, 2.75) is 46.3 Å². The van der Waals surface area contributed by atoms with Gasteiger partial charge in [0.25, 0.3) is 5.56 Å². The molecule has 2 aromatic heterocycles. The largest absolute Gasteiger partial charge is 0.397 e. The van der Waals surface area contributed by atoms with Gasteiger partial charge in [0.2, 0.25) is 0 Å². The van der Waals surface area contributed by atoms with Crippen molar-refractivity contribution in [2.75, 3.05) is 12.3 Å². The van der Waals surface area contributed by atoms with Crippen LogP contribution in [-0.4, -0.2) is 28.0 Å². The fourth-order valence-electron chi connectivity index (χ4n) is 2.83. The number of ether oxygens (including phenoxy) is 1. The van der Waals surface area contributed by atoms with Crippen molar-refractivity contribution in [3.8, 4) is 0 Å². The molecular weight excluding hydrogens is 330 g/mol. The van der Waals surface area contributed by atoms with E-state index in [1.54, 1.807) is 20.8 Å². The molecule has 0 saturated carbocycles. The molecule has 0 radical (unpaired) electrons. The number of H-pyrrole nitrogens is 1. The number of aromatic amines is 1.